The maximum atomic E-state index is 5.27. The second-order valence-electron chi connectivity index (χ2n) is 5.18. The largest absolute Gasteiger partial charge is 0.357 e. The Bertz CT molecular complexity index is 699. The van der Waals surface area contributed by atoms with Crippen LogP contribution in [0.3, 0.4) is 0 Å². The number of hydrogen-bond donors (Lipinski definition) is 2. The fourth-order valence-electron chi connectivity index (χ4n) is 2.24. The summed E-state index contributed by atoms with van der Waals surface area (Å²) in [5.74, 6) is 4.31. The number of aliphatic imine (C=N–C) groups is 1. The predicted molar refractivity (Wildman–Crippen MR) is 110 cm³/mol. The van der Waals surface area contributed by atoms with Gasteiger partial charge in [0.1, 0.15) is 5.82 Å². The van der Waals surface area contributed by atoms with Gasteiger partial charge in [0, 0.05) is 25.5 Å². The van der Waals surface area contributed by atoms with E-state index in [4.69, 9.17) is 6.42 Å². The third kappa shape index (κ3) is 6.24. The van der Waals surface area contributed by atoms with E-state index in [0.29, 0.717) is 13.1 Å². The Morgan fingerprint density at radius 2 is 2.12 bits per heavy atom. The van der Waals surface area contributed by atoms with Gasteiger partial charge >= 0.3 is 0 Å². The zero-order valence-corrected chi connectivity index (χ0v) is 16.5. The van der Waals surface area contributed by atoms with Crippen LogP contribution in [-0.4, -0.2) is 28.6 Å². The van der Waals surface area contributed by atoms with Gasteiger partial charge in [-0.25, -0.2) is 9.98 Å². The van der Waals surface area contributed by atoms with E-state index in [1.54, 1.807) is 0 Å². The van der Waals surface area contributed by atoms with Crippen molar-refractivity contribution in [3.8, 4) is 12.3 Å². The molecule has 0 saturated carbocycles. The van der Waals surface area contributed by atoms with Crippen LogP contribution >= 0.6 is 24.0 Å². The number of aromatic nitrogens is 2. The van der Waals surface area contributed by atoms with Crippen LogP contribution in [-0.2, 0) is 13.1 Å². The van der Waals surface area contributed by atoms with Crippen LogP contribution in [0.2, 0.25) is 0 Å². The van der Waals surface area contributed by atoms with Gasteiger partial charge in [0.15, 0.2) is 5.96 Å². The van der Waals surface area contributed by atoms with Gasteiger partial charge in [-0.15, -0.1) is 30.4 Å². The molecular weight excluding hydrogens is 413 g/mol. The predicted octanol–water partition coefficient (Wildman–Crippen LogP) is 2.55. The summed E-state index contributed by atoms with van der Waals surface area (Å²) in [6.07, 6.45) is 9.09. The smallest absolute Gasteiger partial charge is 0.192 e. The van der Waals surface area contributed by atoms with Crippen molar-refractivity contribution in [3.05, 3.63) is 53.6 Å². The monoisotopic (exact) mass is 437 g/mol. The SMILES string of the molecule is C#CCNC(=NCc1cccc(Cn2ccnc2C)c1)NCC.I. The molecule has 0 unspecified atom stereocenters. The highest BCUT2D eigenvalue weighted by Crippen LogP contribution is 2.09. The maximum absolute atomic E-state index is 5.27. The van der Waals surface area contributed by atoms with Crippen LogP contribution < -0.4 is 10.6 Å². The first-order chi connectivity index (χ1) is 11.2. The molecule has 0 aliphatic rings. The minimum absolute atomic E-state index is 0. The number of nitrogens with one attached hydrogen (secondary N) is 2. The van der Waals surface area contributed by atoms with E-state index in [1.807, 2.05) is 26.2 Å². The number of imidazole rings is 1. The molecule has 5 nitrogen and oxygen atoms in total. The molecular formula is C18H24IN5. The lowest BCUT2D eigenvalue weighted by Crippen LogP contribution is -2.37. The third-order valence-electron chi connectivity index (χ3n) is 3.39. The van der Waals surface area contributed by atoms with Gasteiger partial charge in [0.2, 0.25) is 0 Å². The van der Waals surface area contributed by atoms with Crippen molar-refractivity contribution in [1.82, 2.24) is 20.2 Å². The number of hydrogen-bond acceptors (Lipinski definition) is 2. The van der Waals surface area contributed by atoms with E-state index in [2.05, 4.69) is 55.4 Å². The van der Waals surface area contributed by atoms with Gasteiger partial charge in [-0.1, -0.05) is 30.2 Å². The fourth-order valence-corrected chi connectivity index (χ4v) is 2.24. The summed E-state index contributed by atoms with van der Waals surface area (Å²) in [6.45, 7) is 6.73. The molecule has 0 spiro atoms. The van der Waals surface area contributed by atoms with Crippen molar-refractivity contribution < 1.29 is 0 Å². The number of nitrogens with zero attached hydrogens (tertiary/aromatic N) is 3. The summed E-state index contributed by atoms with van der Waals surface area (Å²) < 4.78 is 2.13. The molecule has 2 rings (SSSR count). The van der Waals surface area contributed by atoms with Gasteiger partial charge in [-0.3, -0.25) is 0 Å². The zero-order valence-electron chi connectivity index (χ0n) is 14.1. The summed E-state index contributed by atoms with van der Waals surface area (Å²) >= 11 is 0. The highest BCUT2D eigenvalue weighted by Gasteiger charge is 2.01. The van der Waals surface area contributed by atoms with E-state index in [0.717, 1.165) is 30.4 Å². The molecule has 1 aromatic carbocycles. The maximum Gasteiger partial charge on any atom is 0.192 e. The summed E-state index contributed by atoms with van der Waals surface area (Å²) in [7, 11) is 0. The molecule has 128 valence electrons. The van der Waals surface area contributed by atoms with E-state index in [-0.39, 0.29) is 24.0 Å². The standard InChI is InChI=1S/C18H23N5.HI/c1-4-9-21-18(19-5-2)22-13-16-7-6-8-17(12-16)14-23-11-10-20-15(23)3;/h1,6-8,10-12H,5,9,13-14H2,2-3H3,(H2,19,21,22);1H. The van der Waals surface area contributed by atoms with Crippen molar-refractivity contribution in [3.63, 3.8) is 0 Å². The summed E-state index contributed by atoms with van der Waals surface area (Å²) in [4.78, 5) is 8.81. The first kappa shape index (κ1) is 20.0. The van der Waals surface area contributed by atoms with Crippen LogP contribution in [0.1, 0.15) is 23.9 Å². The lowest BCUT2D eigenvalue weighted by atomic mass is 10.1. The van der Waals surface area contributed by atoms with Crippen LogP contribution in [0, 0.1) is 19.3 Å². The lowest BCUT2D eigenvalue weighted by molar-refractivity contribution is 0.760. The third-order valence-corrected chi connectivity index (χ3v) is 3.39. The molecule has 0 aliphatic heterocycles. The van der Waals surface area contributed by atoms with Gasteiger partial charge in [0.25, 0.3) is 0 Å². The quantitative estimate of drug-likeness (QED) is 0.316. The Labute approximate surface area is 161 Å². The second kappa shape index (κ2) is 10.7. The first-order valence-corrected chi connectivity index (χ1v) is 7.74. The molecule has 1 aromatic heterocycles. The topological polar surface area (TPSA) is 54.2 Å². The van der Waals surface area contributed by atoms with Crippen molar-refractivity contribution >= 4 is 29.9 Å². The lowest BCUT2D eigenvalue weighted by Gasteiger charge is -2.10. The molecule has 0 saturated heterocycles. The van der Waals surface area contributed by atoms with Crippen LogP contribution in [0.5, 0.6) is 0 Å². The summed E-state index contributed by atoms with van der Waals surface area (Å²) in [5.41, 5.74) is 2.40. The number of guanidine groups is 1. The number of benzene rings is 1. The summed E-state index contributed by atoms with van der Waals surface area (Å²) in [6, 6.07) is 8.44. The Morgan fingerprint density at radius 3 is 2.79 bits per heavy atom. The van der Waals surface area contributed by atoms with Gasteiger partial charge < -0.3 is 15.2 Å². The molecule has 1 heterocycles. The van der Waals surface area contributed by atoms with Crippen molar-refractivity contribution in [2.24, 2.45) is 4.99 Å². The van der Waals surface area contributed by atoms with Crippen molar-refractivity contribution in [2.75, 3.05) is 13.1 Å². The normalized spacial score (nSPS) is 10.6. The van der Waals surface area contributed by atoms with Crippen molar-refractivity contribution in [1.29, 1.82) is 0 Å². The minimum Gasteiger partial charge on any atom is -0.357 e. The average molecular weight is 437 g/mol. The molecule has 0 radical (unpaired) electrons. The molecule has 2 aromatic rings. The Morgan fingerprint density at radius 1 is 1.33 bits per heavy atom. The number of aryl methyl sites for hydroxylation is 1. The summed E-state index contributed by atoms with van der Waals surface area (Å²) in [5, 5.41) is 6.27. The molecule has 0 aliphatic carbocycles. The van der Waals surface area contributed by atoms with Crippen LogP contribution in [0.15, 0.2) is 41.7 Å². The molecule has 0 bridgehead atoms. The fraction of sp³-hybridized carbons (Fsp3) is 0.333. The highest BCUT2D eigenvalue weighted by atomic mass is 127. The van der Waals surface area contributed by atoms with Gasteiger partial charge in [0.05, 0.1) is 13.1 Å². The first-order valence-electron chi connectivity index (χ1n) is 7.74. The van der Waals surface area contributed by atoms with Crippen molar-refractivity contribution in [2.45, 2.75) is 26.9 Å². The van der Waals surface area contributed by atoms with Crippen LogP contribution in [0.4, 0.5) is 0 Å². The Kier molecular flexibility index (Phi) is 8.94. The van der Waals surface area contributed by atoms with E-state index in [1.165, 1.54) is 5.56 Å². The number of rotatable bonds is 6. The van der Waals surface area contributed by atoms with Gasteiger partial charge in [-0.2, -0.15) is 0 Å². The molecule has 2 N–H and O–H groups in total. The highest BCUT2D eigenvalue weighted by molar-refractivity contribution is 14.0. The molecule has 24 heavy (non-hydrogen) atoms. The Balaban J connectivity index is 0.00000288. The average Bonchev–Trinajstić information content (AvgIpc) is 2.95. The van der Waals surface area contributed by atoms with E-state index in [9.17, 15) is 0 Å². The number of terminal acetylenes is 1. The second-order valence-corrected chi connectivity index (χ2v) is 5.18. The minimum atomic E-state index is 0. The van der Waals surface area contributed by atoms with E-state index >= 15 is 0 Å². The van der Waals surface area contributed by atoms with E-state index < -0.39 is 0 Å². The molecule has 6 heteroatoms. The van der Waals surface area contributed by atoms with Gasteiger partial charge in [-0.05, 0) is 25.0 Å². The zero-order chi connectivity index (χ0) is 16.5. The molecule has 0 amide bonds. The van der Waals surface area contributed by atoms with Crippen LogP contribution in [0.25, 0.3) is 0 Å². The molecule has 0 fully saturated rings. The number of halogens is 1. The molecule has 0 atom stereocenters. The Hall–Kier alpha value is -2.01.